The monoisotopic (exact) mass is 829 g/mol. The fraction of sp³-hybridized carbons (Fsp3) is 0. The molecule has 12 aromatic carbocycles. The highest BCUT2D eigenvalue weighted by molar-refractivity contribution is 7.26. The lowest BCUT2D eigenvalue weighted by Gasteiger charge is -2.29. The second-order valence-corrected chi connectivity index (χ2v) is 17.9. The number of hydrogen-bond acceptors (Lipinski definition) is 2. The summed E-state index contributed by atoms with van der Waals surface area (Å²) in [6.07, 6.45) is 0. The first-order valence-corrected chi connectivity index (χ1v) is 22.8. The topological polar surface area (TPSA) is 3.24 Å². The Bertz CT molecular complexity index is 3970. The molecule has 0 amide bonds. The van der Waals surface area contributed by atoms with E-state index in [2.05, 4.69) is 241 Å². The van der Waals surface area contributed by atoms with Gasteiger partial charge in [0.25, 0.3) is 0 Å². The summed E-state index contributed by atoms with van der Waals surface area (Å²) in [5, 5.41) is 15.0. The van der Waals surface area contributed by atoms with E-state index in [0.717, 1.165) is 17.1 Å². The predicted octanol–water partition coefficient (Wildman–Crippen LogP) is 18.3. The zero-order valence-electron chi connectivity index (χ0n) is 34.9. The molecule has 0 N–H and O–H groups in total. The van der Waals surface area contributed by atoms with E-state index in [0.29, 0.717) is 0 Å². The summed E-state index contributed by atoms with van der Waals surface area (Å²) in [5.41, 5.74) is 10.6. The summed E-state index contributed by atoms with van der Waals surface area (Å²) < 4.78 is 2.59. The minimum Gasteiger partial charge on any atom is -0.310 e. The lowest BCUT2D eigenvalue weighted by molar-refractivity contribution is 1.31. The van der Waals surface area contributed by atoms with Gasteiger partial charge in [-0.2, -0.15) is 0 Å². The summed E-state index contributed by atoms with van der Waals surface area (Å²) in [5.74, 6) is 0. The van der Waals surface area contributed by atoms with Crippen molar-refractivity contribution >= 4 is 102 Å². The highest BCUT2D eigenvalue weighted by Crippen LogP contribution is 2.50. The van der Waals surface area contributed by atoms with Gasteiger partial charge >= 0.3 is 0 Å². The molecule has 13 aromatic rings. The first kappa shape index (κ1) is 36.6. The number of thiophene rings is 1. The summed E-state index contributed by atoms with van der Waals surface area (Å²) in [6.45, 7) is 0. The third-order valence-corrected chi connectivity index (χ3v) is 14.4. The molecule has 1 heterocycles. The van der Waals surface area contributed by atoms with Gasteiger partial charge in [0.15, 0.2) is 0 Å². The second-order valence-electron chi connectivity index (χ2n) is 16.8. The fourth-order valence-electron chi connectivity index (χ4n) is 10.2. The maximum Gasteiger partial charge on any atom is 0.0554 e. The molecule has 0 aliphatic heterocycles. The van der Waals surface area contributed by atoms with Crippen LogP contribution in [0.5, 0.6) is 0 Å². The maximum absolute atomic E-state index is 2.53. The Morgan fingerprint density at radius 2 is 0.906 bits per heavy atom. The molecule has 0 saturated carbocycles. The van der Waals surface area contributed by atoms with E-state index in [9.17, 15) is 0 Å². The molecule has 64 heavy (non-hydrogen) atoms. The summed E-state index contributed by atoms with van der Waals surface area (Å²) in [4.78, 5) is 2.53. The number of anilines is 3. The third kappa shape index (κ3) is 5.91. The van der Waals surface area contributed by atoms with Crippen molar-refractivity contribution in [2.45, 2.75) is 0 Å². The summed E-state index contributed by atoms with van der Waals surface area (Å²) in [6, 6.07) is 87.6. The highest BCUT2D eigenvalue weighted by atomic mass is 32.1. The Labute approximate surface area is 375 Å². The van der Waals surface area contributed by atoms with Crippen molar-refractivity contribution in [1.82, 2.24) is 0 Å². The first-order valence-electron chi connectivity index (χ1n) is 22.0. The Morgan fingerprint density at radius 1 is 0.281 bits per heavy atom. The van der Waals surface area contributed by atoms with Gasteiger partial charge in [-0.1, -0.05) is 188 Å². The fourth-order valence-corrected chi connectivity index (χ4v) is 11.5. The van der Waals surface area contributed by atoms with Crippen LogP contribution in [0, 0.1) is 0 Å². The van der Waals surface area contributed by atoms with Crippen molar-refractivity contribution < 1.29 is 0 Å². The zero-order valence-corrected chi connectivity index (χ0v) is 35.7. The van der Waals surface area contributed by atoms with Gasteiger partial charge in [0, 0.05) is 31.5 Å². The number of nitrogens with zero attached hydrogens (tertiary/aromatic N) is 1. The van der Waals surface area contributed by atoms with Crippen LogP contribution < -0.4 is 4.90 Å². The quantitative estimate of drug-likeness (QED) is 0.151. The zero-order chi connectivity index (χ0) is 42.1. The van der Waals surface area contributed by atoms with Crippen LogP contribution in [0.4, 0.5) is 17.1 Å². The Kier molecular flexibility index (Phi) is 8.47. The third-order valence-electron chi connectivity index (χ3n) is 13.2. The average Bonchev–Trinajstić information content (AvgIpc) is 3.76. The molecule has 0 unspecified atom stereocenters. The Morgan fingerprint density at radius 3 is 1.73 bits per heavy atom. The minimum atomic E-state index is 1.10. The van der Waals surface area contributed by atoms with Crippen LogP contribution in [-0.2, 0) is 0 Å². The average molecular weight is 830 g/mol. The van der Waals surface area contributed by atoms with Gasteiger partial charge in [0.1, 0.15) is 0 Å². The molecule has 0 saturated heterocycles. The van der Waals surface area contributed by atoms with Crippen molar-refractivity contribution in [2.24, 2.45) is 0 Å². The summed E-state index contributed by atoms with van der Waals surface area (Å²) >= 11 is 1.89. The van der Waals surface area contributed by atoms with Crippen molar-refractivity contribution in [2.75, 3.05) is 4.90 Å². The molecule has 0 spiro atoms. The van der Waals surface area contributed by atoms with Crippen LogP contribution >= 0.6 is 11.3 Å². The van der Waals surface area contributed by atoms with Crippen LogP contribution in [0.2, 0.25) is 0 Å². The molecule has 13 rings (SSSR count). The predicted molar refractivity (Wildman–Crippen MR) is 278 cm³/mol. The molecule has 298 valence electrons. The molecule has 1 nitrogen and oxygen atoms in total. The van der Waals surface area contributed by atoms with Gasteiger partial charge < -0.3 is 4.90 Å². The molecule has 1 aromatic heterocycles. The van der Waals surface area contributed by atoms with E-state index in [1.54, 1.807) is 0 Å². The molecule has 2 heteroatoms. The number of benzene rings is 12. The smallest absolute Gasteiger partial charge is 0.0554 e. The van der Waals surface area contributed by atoms with Gasteiger partial charge in [-0.3, -0.25) is 0 Å². The van der Waals surface area contributed by atoms with Crippen molar-refractivity contribution in [1.29, 1.82) is 0 Å². The van der Waals surface area contributed by atoms with Crippen molar-refractivity contribution in [3.8, 4) is 33.4 Å². The van der Waals surface area contributed by atoms with Gasteiger partial charge in [-0.25, -0.2) is 0 Å². The van der Waals surface area contributed by atoms with Crippen LogP contribution in [0.1, 0.15) is 0 Å². The SMILES string of the molecule is c1ccc(-c2ccc(N(c3cc(-c4cc5ccccc5c5ccccc45)c4ccccc4c3)c3cccc4sc5c6ccccc6ccc5c34)cc2-c2ccc3ccccc3c2)cc1. The van der Waals surface area contributed by atoms with E-state index >= 15 is 0 Å². The van der Waals surface area contributed by atoms with E-state index in [1.165, 1.54) is 107 Å². The molecular formula is C62H39NS. The standard InChI is InChI=1S/C62H39NS/c1-2-16-41(17-3-1)51-34-32-47(38-56(51)46-30-29-40-15-4-5-19-43(40)35-46)63(59-27-14-28-60-61(59)55-33-31-42-18-6-11-24-52(42)62(55)64-60)48-36-44-20-7-10-23-50(44)58(39-48)57-37-45-21-8-9-22-49(45)53-25-12-13-26-54(53)57/h1-39H. The molecule has 0 fully saturated rings. The first-order chi connectivity index (χ1) is 31.7. The number of hydrogen-bond donors (Lipinski definition) is 0. The second kappa shape index (κ2) is 14.8. The van der Waals surface area contributed by atoms with E-state index < -0.39 is 0 Å². The maximum atomic E-state index is 2.53. The Hall–Kier alpha value is -8.04. The molecule has 0 radical (unpaired) electrons. The van der Waals surface area contributed by atoms with E-state index in [1.807, 2.05) is 11.3 Å². The van der Waals surface area contributed by atoms with E-state index in [4.69, 9.17) is 0 Å². The van der Waals surface area contributed by atoms with Crippen LogP contribution in [0.3, 0.4) is 0 Å². The van der Waals surface area contributed by atoms with Gasteiger partial charge in [0.2, 0.25) is 0 Å². The molecule has 0 aliphatic rings. The number of fused-ring (bicyclic) bond motifs is 10. The summed E-state index contributed by atoms with van der Waals surface area (Å²) in [7, 11) is 0. The Balaban J connectivity index is 1.13. The molecular weight excluding hydrogens is 791 g/mol. The van der Waals surface area contributed by atoms with Crippen molar-refractivity contribution in [3.05, 3.63) is 237 Å². The molecule has 0 bridgehead atoms. The highest BCUT2D eigenvalue weighted by Gasteiger charge is 2.23. The van der Waals surface area contributed by atoms with E-state index in [-0.39, 0.29) is 0 Å². The van der Waals surface area contributed by atoms with Crippen LogP contribution in [-0.4, -0.2) is 0 Å². The van der Waals surface area contributed by atoms with Crippen molar-refractivity contribution in [3.63, 3.8) is 0 Å². The largest absolute Gasteiger partial charge is 0.310 e. The van der Waals surface area contributed by atoms with Crippen LogP contribution in [0.15, 0.2) is 237 Å². The van der Waals surface area contributed by atoms with Gasteiger partial charge in [-0.05, 0) is 136 Å². The lowest BCUT2D eigenvalue weighted by atomic mass is 9.90. The normalized spacial score (nSPS) is 11.8. The molecule has 0 aliphatic carbocycles. The van der Waals surface area contributed by atoms with Gasteiger partial charge in [-0.15, -0.1) is 11.3 Å². The molecule has 0 atom stereocenters. The van der Waals surface area contributed by atoms with Crippen LogP contribution in [0.25, 0.3) is 107 Å². The minimum absolute atomic E-state index is 1.10. The lowest BCUT2D eigenvalue weighted by Crippen LogP contribution is -2.11. The van der Waals surface area contributed by atoms with Gasteiger partial charge in [0.05, 0.1) is 5.69 Å². The number of rotatable bonds is 6.